The van der Waals surface area contributed by atoms with E-state index in [9.17, 15) is 18.0 Å². The summed E-state index contributed by atoms with van der Waals surface area (Å²) in [6.45, 7) is -1.87. The molecule has 0 unspecified atom stereocenters. The summed E-state index contributed by atoms with van der Waals surface area (Å²) < 4.78 is 36.7. The maximum absolute atomic E-state index is 12.2. The number of nitrogens with zero attached hydrogens (tertiary/aromatic N) is 2. The summed E-state index contributed by atoms with van der Waals surface area (Å²) in [4.78, 5) is 11.3. The van der Waals surface area contributed by atoms with Crippen molar-refractivity contribution in [1.82, 2.24) is 4.90 Å². The average molecular weight is 250 g/mol. The number of alkyl halides is 3. The predicted molar refractivity (Wildman–Crippen MR) is 52.0 cm³/mol. The number of aliphatic carboxylic acids is 1. The molecule has 0 aromatic rings. The number of hydrogen-bond donors (Lipinski definition) is 1. The first kappa shape index (κ1) is 13.8. The van der Waals surface area contributed by atoms with Gasteiger partial charge < -0.3 is 5.11 Å². The van der Waals surface area contributed by atoms with Crippen molar-refractivity contribution in [2.45, 2.75) is 25.4 Å². The van der Waals surface area contributed by atoms with Gasteiger partial charge in [0.15, 0.2) is 0 Å². The first-order valence-corrected chi connectivity index (χ1v) is 5.14. The molecule has 0 aromatic heterocycles. The van der Waals surface area contributed by atoms with Crippen molar-refractivity contribution in [3.05, 3.63) is 0 Å². The van der Waals surface area contributed by atoms with Crippen LogP contribution in [0.25, 0.3) is 0 Å². The molecule has 0 atom stereocenters. The molecule has 1 aliphatic carbocycles. The molecule has 1 aliphatic rings. The summed E-state index contributed by atoms with van der Waals surface area (Å²) in [5.41, 5.74) is -0.421. The van der Waals surface area contributed by atoms with E-state index in [1.165, 1.54) is 0 Å². The smallest absolute Gasteiger partial charge is 0.401 e. The molecule has 0 saturated heterocycles. The van der Waals surface area contributed by atoms with Gasteiger partial charge in [0, 0.05) is 13.0 Å². The van der Waals surface area contributed by atoms with Gasteiger partial charge in [-0.2, -0.15) is 18.4 Å². The lowest BCUT2D eigenvalue weighted by molar-refractivity contribution is -0.155. The quantitative estimate of drug-likeness (QED) is 0.778. The van der Waals surface area contributed by atoms with Gasteiger partial charge in [0.2, 0.25) is 0 Å². The lowest BCUT2D eigenvalue weighted by Crippen LogP contribution is -2.41. The van der Waals surface area contributed by atoms with Gasteiger partial charge in [-0.25, -0.2) is 0 Å². The standard InChI is InChI=1S/C10H13F3N2O2/c11-10(12,13)7-15(5-8(16)17)6-9(1-2-9)3-4-14/h1-3,5-7H2,(H,16,17). The maximum Gasteiger partial charge on any atom is 0.401 e. The Morgan fingerprint density at radius 3 is 2.41 bits per heavy atom. The third kappa shape index (κ3) is 5.04. The Balaban J connectivity index is 2.58. The minimum atomic E-state index is -4.42. The van der Waals surface area contributed by atoms with Crippen LogP contribution in [0.5, 0.6) is 0 Å². The number of rotatable bonds is 6. The molecule has 0 radical (unpaired) electrons. The van der Waals surface area contributed by atoms with Crippen LogP contribution in [-0.4, -0.2) is 41.8 Å². The van der Waals surface area contributed by atoms with Crippen molar-refractivity contribution >= 4 is 5.97 Å². The highest BCUT2D eigenvalue weighted by atomic mass is 19.4. The summed E-state index contributed by atoms with van der Waals surface area (Å²) in [6.07, 6.45) is -2.86. The lowest BCUT2D eigenvalue weighted by Gasteiger charge is -2.25. The second kappa shape index (κ2) is 4.92. The molecule has 17 heavy (non-hydrogen) atoms. The van der Waals surface area contributed by atoms with Gasteiger partial charge in [0.1, 0.15) is 0 Å². The van der Waals surface area contributed by atoms with Crippen LogP contribution in [0.1, 0.15) is 19.3 Å². The molecule has 0 spiro atoms. The van der Waals surface area contributed by atoms with Gasteiger partial charge in [0.05, 0.1) is 19.2 Å². The molecule has 1 saturated carbocycles. The van der Waals surface area contributed by atoms with E-state index < -0.39 is 30.7 Å². The topological polar surface area (TPSA) is 64.3 Å². The zero-order valence-electron chi connectivity index (χ0n) is 9.13. The van der Waals surface area contributed by atoms with Gasteiger partial charge in [-0.3, -0.25) is 9.69 Å². The van der Waals surface area contributed by atoms with E-state index >= 15 is 0 Å². The van der Waals surface area contributed by atoms with Crippen LogP contribution in [-0.2, 0) is 4.79 Å². The predicted octanol–water partition coefficient (Wildman–Crippen LogP) is 1.63. The number of carboxylic acids is 1. The van der Waals surface area contributed by atoms with E-state index in [4.69, 9.17) is 10.4 Å². The summed E-state index contributed by atoms with van der Waals surface area (Å²) in [7, 11) is 0. The van der Waals surface area contributed by atoms with Crippen molar-refractivity contribution < 1.29 is 23.1 Å². The molecule has 4 nitrogen and oxygen atoms in total. The Kier molecular flexibility index (Phi) is 3.98. The van der Waals surface area contributed by atoms with Gasteiger partial charge in [-0.15, -0.1) is 0 Å². The Morgan fingerprint density at radius 1 is 1.47 bits per heavy atom. The summed E-state index contributed by atoms with van der Waals surface area (Å²) >= 11 is 0. The highest BCUT2D eigenvalue weighted by molar-refractivity contribution is 5.69. The number of hydrogen-bond acceptors (Lipinski definition) is 3. The second-order valence-electron chi connectivity index (χ2n) is 4.49. The Labute approximate surface area is 96.6 Å². The van der Waals surface area contributed by atoms with Crippen LogP contribution in [0.4, 0.5) is 13.2 Å². The van der Waals surface area contributed by atoms with Crippen LogP contribution in [0.15, 0.2) is 0 Å². The normalized spacial score (nSPS) is 17.8. The van der Waals surface area contributed by atoms with Gasteiger partial charge in [-0.1, -0.05) is 0 Å². The highest BCUT2D eigenvalue weighted by Gasteiger charge is 2.45. The first-order chi connectivity index (χ1) is 7.76. The van der Waals surface area contributed by atoms with E-state index in [1.54, 1.807) is 0 Å². The number of carboxylic acid groups (broad SMARTS) is 1. The van der Waals surface area contributed by atoms with Crippen molar-refractivity contribution in [2.24, 2.45) is 5.41 Å². The maximum atomic E-state index is 12.2. The van der Waals surface area contributed by atoms with Crippen LogP contribution in [0, 0.1) is 16.7 Å². The minimum absolute atomic E-state index is 0.0202. The Morgan fingerprint density at radius 2 is 2.06 bits per heavy atom. The fraction of sp³-hybridized carbons (Fsp3) is 0.800. The third-order valence-corrected chi connectivity index (χ3v) is 2.73. The van der Waals surface area contributed by atoms with Crippen LogP contribution in [0.3, 0.4) is 0 Å². The fourth-order valence-corrected chi connectivity index (χ4v) is 1.82. The van der Waals surface area contributed by atoms with E-state index in [0.717, 1.165) is 4.90 Å². The molecule has 7 heteroatoms. The second-order valence-corrected chi connectivity index (χ2v) is 4.49. The van der Waals surface area contributed by atoms with Crippen molar-refractivity contribution in [3.8, 4) is 6.07 Å². The molecular weight excluding hydrogens is 237 g/mol. The minimum Gasteiger partial charge on any atom is -0.480 e. The number of nitriles is 1. The molecule has 96 valence electrons. The van der Waals surface area contributed by atoms with E-state index in [1.807, 2.05) is 6.07 Å². The van der Waals surface area contributed by atoms with Gasteiger partial charge in [0.25, 0.3) is 0 Å². The van der Waals surface area contributed by atoms with E-state index in [0.29, 0.717) is 12.8 Å². The van der Waals surface area contributed by atoms with E-state index in [2.05, 4.69) is 0 Å². The van der Waals surface area contributed by atoms with Crippen molar-refractivity contribution in [3.63, 3.8) is 0 Å². The van der Waals surface area contributed by atoms with Crippen LogP contribution in [0.2, 0.25) is 0 Å². The molecule has 1 rings (SSSR count). The Bertz CT molecular complexity index is 331. The third-order valence-electron chi connectivity index (χ3n) is 2.73. The molecule has 0 bridgehead atoms. The SMILES string of the molecule is N#CCC1(CN(CC(=O)O)CC(F)(F)F)CC1. The van der Waals surface area contributed by atoms with Crippen molar-refractivity contribution in [1.29, 1.82) is 5.26 Å². The molecule has 0 aliphatic heterocycles. The largest absolute Gasteiger partial charge is 0.480 e. The number of carbonyl (C=O) groups is 1. The van der Waals surface area contributed by atoms with Crippen LogP contribution >= 0.6 is 0 Å². The summed E-state index contributed by atoms with van der Waals surface area (Å²) in [5.74, 6) is -1.29. The van der Waals surface area contributed by atoms with Gasteiger partial charge >= 0.3 is 12.1 Å². The zero-order valence-corrected chi connectivity index (χ0v) is 9.13. The molecule has 1 fully saturated rings. The average Bonchev–Trinajstić information content (AvgIpc) is 2.80. The zero-order chi connectivity index (χ0) is 13.1. The molecule has 0 heterocycles. The Hall–Kier alpha value is -1.29. The molecule has 0 aromatic carbocycles. The first-order valence-electron chi connectivity index (χ1n) is 5.14. The van der Waals surface area contributed by atoms with Crippen molar-refractivity contribution in [2.75, 3.05) is 19.6 Å². The lowest BCUT2D eigenvalue weighted by atomic mass is 10.0. The fourth-order valence-electron chi connectivity index (χ4n) is 1.82. The molecule has 0 amide bonds. The number of halogens is 3. The molecule has 1 N–H and O–H groups in total. The summed E-state index contributed by atoms with van der Waals surface area (Å²) in [6, 6.07) is 1.94. The van der Waals surface area contributed by atoms with Gasteiger partial charge in [-0.05, 0) is 18.3 Å². The van der Waals surface area contributed by atoms with E-state index in [-0.39, 0.29) is 13.0 Å². The highest BCUT2D eigenvalue weighted by Crippen LogP contribution is 2.49. The molecular formula is C10H13F3N2O2. The van der Waals surface area contributed by atoms with Crippen LogP contribution < -0.4 is 0 Å². The summed E-state index contributed by atoms with van der Waals surface area (Å²) in [5, 5.41) is 17.1. The monoisotopic (exact) mass is 250 g/mol.